The van der Waals surface area contributed by atoms with Crippen molar-refractivity contribution in [3.05, 3.63) is 276 Å². The van der Waals surface area contributed by atoms with Gasteiger partial charge in [0.1, 0.15) is 0 Å². The average Bonchev–Trinajstić information content (AvgIpc) is 4.18. The summed E-state index contributed by atoms with van der Waals surface area (Å²) in [5.41, 5.74) is 24.3. The molecule has 75 heavy (non-hydrogen) atoms. The first-order chi connectivity index (χ1) is 36.5. The van der Waals surface area contributed by atoms with Gasteiger partial charge in [-0.1, -0.05) is 230 Å². The second kappa shape index (κ2) is 16.6. The largest absolute Gasteiger partial charge is 0.310 e. The maximum Gasteiger partial charge on any atom is 0.0726 e. The van der Waals surface area contributed by atoms with Gasteiger partial charge in [-0.25, -0.2) is 0 Å². The smallest absolute Gasteiger partial charge is 0.0726 e. The summed E-state index contributed by atoms with van der Waals surface area (Å²) in [5.74, 6) is 0. The zero-order valence-corrected chi connectivity index (χ0v) is 43.5. The summed E-state index contributed by atoms with van der Waals surface area (Å²) in [6.45, 7) is 14.1. The molecule has 0 amide bonds. The van der Waals surface area contributed by atoms with E-state index in [-0.39, 0.29) is 10.8 Å². The third-order valence-electron chi connectivity index (χ3n) is 16.5. The number of rotatable bonds is 6. The molecular weight excluding hydrogens is 905 g/mol. The molecule has 0 fully saturated rings. The molecule has 1 spiro atoms. The third kappa shape index (κ3) is 6.79. The SMILES string of the molecule is CC(C)(C)c1ccc2c(c1)C1(c3ccccc3-c3ccc(N(c4ccc5c(c4)c4ccccc4n5-c4ccccc4)c4ccccc4-c4cccc5cccc(-c6ccccc6)c45)cc31)c1cc(C(C)(C)C)ccc1-2. The third-order valence-corrected chi connectivity index (χ3v) is 16.5. The molecular formula is C73H58N2. The highest BCUT2D eigenvalue weighted by Crippen LogP contribution is 2.64. The van der Waals surface area contributed by atoms with Gasteiger partial charge < -0.3 is 9.47 Å². The molecule has 0 aliphatic heterocycles. The number of nitrogens with zero attached hydrogens (tertiary/aromatic N) is 2. The van der Waals surface area contributed by atoms with E-state index in [2.05, 4.69) is 294 Å². The molecule has 2 heteroatoms. The number of fused-ring (bicyclic) bond motifs is 14. The van der Waals surface area contributed by atoms with E-state index < -0.39 is 5.41 Å². The zero-order chi connectivity index (χ0) is 50.8. The van der Waals surface area contributed by atoms with Gasteiger partial charge in [0.05, 0.1) is 22.1 Å². The van der Waals surface area contributed by atoms with Crippen LogP contribution >= 0.6 is 0 Å². The molecule has 0 saturated carbocycles. The number of para-hydroxylation sites is 3. The maximum atomic E-state index is 2.56. The van der Waals surface area contributed by atoms with Crippen molar-refractivity contribution in [2.75, 3.05) is 4.90 Å². The fraction of sp³-hybridized carbons (Fsp3) is 0.123. The molecule has 1 heterocycles. The fourth-order valence-electron chi connectivity index (χ4n) is 12.9. The summed E-state index contributed by atoms with van der Waals surface area (Å²) in [5, 5.41) is 4.89. The van der Waals surface area contributed by atoms with Gasteiger partial charge in [-0.3, -0.25) is 0 Å². The van der Waals surface area contributed by atoms with Crippen LogP contribution in [0.3, 0.4) is 0 Å². The van der Waals surface area contributed by atoms with Gasteiger partial charge >= 0.3 is 0 Å². The molecule has 2 aliphatic rings. The predicted octanol–water partition coefficient (Wildman–Crippen LogP) is 19.7. The van der Waals surface area contributed by atoms with E-state index >= 15 is 0 Å². The predicted molar refractivity (Wildman–Crippen MR) is 318 cm³/mol. The molecule has 0 bridgehead atoms. The molecule has 14 rings (SSSR count). The van der Waals surface area contributed by atoms with Crippen LogP contribution in [0.4, 0.5) is 17.1 Å². The maximum absolute atomic E-state index is 2.56. The quantitative estimate of drug-likeness (QED) is 0.161. The van der Waals surface area contributed by atoms with Crippen LogP contribution in [0, 0.1) is 0 Å². The summed E-state index contributed by atoms with van der Waals surface area (Å²) < 4.78 is 2.41. The Kier molecular flexibility index (Phi) is 9.98. The van der Waals surface area contributed by atoms with Gasteiger partial charge in [0.15, 0.2) is 0 Å². The Labute approximate surface area is 440 Å². The summed E-state index contributed by atoms with van der Waals surface area (Å²) in [6.07, 6.45) is 0. The fourth-order valence-corrected chi connectivity index (χ4v) is 12.9. The minimum absolute atomic E-state index is 0.0465. The van der Waals surface area contributed by atoms with Crippen LogP contribution in [0.5, 0.6) is 0 Å². The van der Waals surface area contributed by atoms with Crippen molar-refractivity contribution < 1.29 is 0 Å². The molecule has 360 valence electrons. The van der Waals surface area contributed by atoms with E-state index in [0.29, 0.717) is 0 Å². The van der Waals surface area contributed by atoms with Gasteiger partial charge in [0.2, 0.25) is 0 Å². The number of hydrogen-bond acceptors (Lipinski definition) is 1. The van der Waals surface area contributed by atoms with Crippen molar-refractivity contribution in [2.45, 2.75) is 57.8 Å². The lowest BCUT2D eigenvalue weighted by Gasteiger charge is -2.34. The number of aromatic nitrogens is 1. The van der Waals surface area contributed by atoms with Crippen LogP contribution in [-0.2, 0) is 16.2 Å². The standard InChI is InChI=1S/C73H58N2/c1-71(2,3)49-35-39-56-57-40-36-50(72(4,5)6)44-65(57)73(64(56)43-49)63-32-16-13-27-55(63)58-41-37-53(46-66(58)73)74(52-38-42-69-62(45-52)60-29-15-18-34-68(60)75(69)51-25-11-8-12-26-51)67-33-17-14-28-59(67)61-31-20-24-48-23-19-30-54(70(48)61)47-21-9-7-10-22-47/h7-46H,1-6H3. The summed E-state index contributed by atoms with van der Waals surface area (Å²) >= 11 is 0. The molecule has 0 N–H and O–H groups in total. The van der Waals surface area contributed by atoms with Gasteiger partial charge in [0.25, 0.3) is 0 Å². The van der Waals surface area contributed by atoms with Crippen molar-refractivity contribution in [3.63, 3.8) is 0 Å². The highest BCUT2D eigenvalue weighted by atomic mass is 15.1. The van der Waals surface area contributed by atoms with E-state index in [4.69, 9.17) is 0 Å². The van der Waals surface area contributed by atoms with E-state index in [1.54, 1.807) is 0 Å². The Bertz CT molecular complexity index is 4190. The lowest BCUT2D eigenvalue weighted by atomic mass is 9.68. The summed E-state index contributed by atoms with van der Waals surface area (Å²) in [7, 11) is 0. The molecule has 0 saturated heterocycles. The van der Waals surface area contributed by atoms with Crippen LogP contribution in [0.25, 0.3) is 82.8 Å². The van der Waals surface area contributed by atoms with Crippen LogP contribution in [0.1, 0.15) is 74.9 Å². The number of benzene rings is 11. The minimum atomic E-state index is -0.562. The molecule has 0 radical (unpaired) electrons. The molecule has 2 nitrogen and oxygen atoms in total. The van der Waals surface area contributed by atoms with Gasteiger partial charge in [0, 0.05) is 33.4 Å². The minimum Gasteiger partial charge on any atom is -0.310 e. The lowest BCUT2D eigenvalue weighted by molar-refractivity contribution is 0.586. The van der Waals surface area contributed by atoms with Crippen molar-refractivity contribution in [3.8, 4) is 50.2 Å². The van der Waals surface area contributed by atoms with Crippen LogP contribution in [-0.4, -0.2) is 4.57 Å². The number of anilines is 3. The Morgan fingerprint density at radius 1 is 0.347 bits per heavy atom. The van der Waals surface area contributed by atoms with E-state index in [1.165, 1.54) is 105 Å². The second-order valence-corrected chi connectivity index (χ2v) is 22.9. The number of hydrogen-bond donors (Lipinski definition) is 0. The first kappa shape index (κ1) is 44.9. The second-order valence-electron chi connectivity index (χ2n) is 22.9. The average molecular weight is 963 g/mol. The highest BCUT2D eigenvalue weighted by molar-refractivity contribution is 6.12. The van der Waals surface area contributed by atoms with E-state index in [1.807, 2.05) is 0 Å². The lowest BCUT2D eigenvalue weighted by Crippen LogP contribution is -2.27. The van der Waals surface area contributed by atoms with Crippen LogP contribution in [0.15, 0.2) is 243 Å². The Morgan fingerprint density at radius 2 is 0.853 bits per heavy atom. The molecule has 0 unspecified atom stereocenters. The van der Waals surface area contributed by atoms with E-state index in [0.717, 1.165) is 28.3 Å². The highest BCUT2D eigenvalue weighted by Gasteiger charge is 2.52. The summed E-state index contributed by atoms with van der Waals surface area (Å²) in [6, 6.07) is 91.6. The Morgan fingerprint density at radius 3 is 1.55 bits per heavy atom. The summed E-state index contributed by atoms with van der Waals surface area (Å²) in [4.78, 5) is 2.55. The normalized spacial score (nSPS) is 13.3. The van der Waals surface area contributed by atoms with Crippen molar-refractivity contribution in [2.24, 2.45) is 0 Å². The Hall–Kier alpha value is -8.72. The molecule has 2 aliphatic carbocycles. The molecule has 12 aromatic rings. The molecule has 1 aromatic heterocycles. The topological polar surface area (TPSA) is 8.17 Å². The monoisotopic (exact) mass is 962 g/mol. The molecule has 11 aromatic carbocycles. The van der Waals surface area contributed by atoms with Crippen molar-refractivity contribution >= 4 is 49.6 Å². The Balaban J connectivity index is 1.08. The van der Waals surface area contributed by atoms with Gasteiger partial charge in [-0.15, -0.1) is 0 Å². The van der Waals surface area contributed by atoms with Crippen LogP contribution in [0.2, 0.25) is 0 Å². The van der Waals surface area contributed by atoms with Crippen LogP contribution < -0.4 is 4.90 Å². The van der Waals surface area contributed by atoms with Crippen molar-refractivity contribution in [1.29, 1.82) is 0 Å². The molecule has 0 atom stereocenters. The first-order valence-electron chi connectivity index (χ1n) is 26.6. The zero-order valence-electron chi connectivity index (χ0n) is 43.5. The van der Waals surface area contributed by atoms with Crippen molar-refractivity contribution in [1.82, 2.24) is 4.57 Å². The van der Waals surface area contributed by atoms with E-state index in [9.17, 15) is 0 Å². The first-order valence-corrected chi connectivity index (χ1v) is 26.6. The van der Waals surface area contributed by atoms with Gasteiger partial charge in [-0.05, 0) is 149 Å². The van der Waals surface area contributed by atoms with Gasteiger partial charge in [-0.2, -0.15) is 0 Å².